The van der Waals surface area contributed by atoms with Crippen LogP contribution in [0, 0.1) is 6.92 Å². The molecule has 1 aromatic heterocycles. The highest BCUT2D eigenvalue weighted by molar-refractivity contribution is 6.33. The van der Waals surface area contributed by atoms with Gasteiger partial charge in [-0.1, -0.05) is 41.0 Å². The van der Waals surface area contributed by atoms with E-state index < -0.39 is 0 Å². The predicted molar refractivity (Wildman–Crippen MR) is 117 cm³/mol. The molecule has 3 rings (SSSR count). The molecule has 0 saturated heterocycles. The van der Waals surface area contributed by atoms with Gasteiger partial charge < -0.3 is 19.3 Å². The molecule has 0 bridgehead atoms. The number of ether oxygens (including phenoxy) is 2. The van der Waals surface area contributed by atoms with Gasteiger partial charge in [0.25, 0.3) is 5.91 Å². The van der Waals surface area contributed by atoms with E-state index in [1.165, 1.54) is 0 Å². The maximum atomic E-state index is 12.8. The number of hydrogen-bond acceptors (Lipinski definition) is 5. The van der Waals surface area contributed by atoms with Crippen LogP contribution in [-0.4, -0.2) is 30.8 Å². The highest BCUT2D eigenvalue weighted by Crippen LogP contribution is 2.31. The number of amides is 1. The van der Waals surface area contributed by atoms with Crippen molar-refractivity contribution in [2.24, 2.45) is 0 Å². The quantitative estimate of drug-likeness (QED) is 0.514. The number of hydrogen-bond donors (Lipinski definition) is 1. The Kier molecular flexibility index (Phi) is 7.36. The number of nitrogens with zero attached hydrogens (tertiary/aromatic N) is 1. The first-order valence-corrected chi connectivity index (χ1v) is 10.3. The van der Waals surface area contributed by atoms with Crippen molar-refractivity contribution >= 4 is 17.5 Å². The van der Waals surface area contributed by atoms with Crippen molar-refractivity contribution in [3.63, 3.8) is 0 Å². The normalized spacial score (nSPS) is 10.7. The molecule has 0 saturated carbocycles. The lowest BCUT2D eigenvalue weighted by Gasteiger charge is -2.12. The molecule has 0 aliphatic heterocycles. The lowest BCUT2D eigenvalue weighted by molar-refractivity contribution is 0.0953. The first kappa shape index (κ1) is 21.7. The summed E-state index contributed by atoms with van der Waals surface area (Å²) in [4.78, 5) is 12.8. The number of aryl methyl sites for hydroxylation is 1. The number of aromatic nitrogens is 1. The van der Waals surface area contributed by atoms with Crippen molar-refractivity contribution in [1.82, 2.24) is 10.5 Å². The molecule has 2 aromatic carbocycles. The SMILES string of the molecule is CCOc1ccc(CCNC(=O)c2c(-c3ccccc3Cl)noc2C)cc1OCC. The smallest absolute Gasteiger partial charge is 0.257 e. The van der Waals surface area contributed by atoms with Crippen LogP contribution in [0.25, 0.3) is 11.3 Å². The van der Waals surface area contributed by atoms with Crippen molar-refractivity contribution in [3.8, 4) is 22.8 Å². The van der Waals surface area contributed by atoms with Crippen molar-refractivity contribution in [1.29, 1.82) is 0 Å². The fraction of sp³-hybridized carbons (Fsp3) is 0.304. The van der Waals surface area contributed by atoms with E-state index in [0.29, 0.717) is 59.5 Å². The van der Waals surface area contributed by atoms with Crippen LogP contribution in [0.3, 0.4) is 0 Å². The van der Waals surface area contributed by atoms with Gasteiger partial charge in [0.05, 0.1) is 18.2 Å². The minimum atomic E-state index is -0.250. The number of carbonyl (C=O) groups excluding carboxylic acids is 1. The van der Waals surface area contributed by atoms with E-state index in [4.69, 9.17) is 25.6 Å². The van der Waals surface area contributed by atoms with E-state index in [1.54, 1.807) is 13.0 Å². The Bertz CT molecular complexity index is 1020. The Morgan fingerprint density at radius 1 is 1.10 bits per heavy atom. The van der Waals surface area contributed by atoms with Crippen molar-refractivity contribution in [2.45, 2.75) is 27.2 Å². The minimum Gasteiger partial charge on any atom is -0.490 e. The Balaban J connectivity index is 1.69. The zero-order valence-electron chi connectivity index (χ0n) is 17.3. The fourth-order valence-corrected chi connectivity index (χ4v) is 3.36. The Hall–Kier alpha value is -2.99. The zero-order chi connectivity index (χ0) is 21.5. The molecule has 0 radical (unpaired) electrons. The molecular formula is C23H25ClN2O4. The molecule has 0 aliphatic carbocycles. The molecule has 0 fully saturated rings. The van der Waals surface area contributed by atoms with Gasteiger partial charge in [-0.15, -0.1) is 0 Å². The van der Waals surface area contributed by atoms with Crippen LogP contribution in [0.5, 0.6) is 11.5 Å². The van der Waals surface area contributed by atoms with Crippen molar-refractivity contribution in [3.05, 3.63) is 64.4 Å². The summed E-state index contributed by atoms with van der Waals surface area (Å²) in [7, 11) is 0. The average molecular weight is 429 g/mol. The third kappa shape index (κ3) is 4.94. The molecule has 158 valence electrons. The van der Waals surface area contributed by atoms with E-state index in [-0.39, 0.29) is 5.91 Å². The van der Waals surface area contributed by atoms with Crippen LogP contribution >= 0.6 is 11.6 Å². The van der Waals surface area contributed by atoms with Crippen LogP contribution < -0.4 is 14.8 Å². The predicted octanol–water partition coefficient (Wildman–Crippen LogP) is 5.07. The third-order valence-corrected chi connectivity index (χ3v) is 4.86. The Morgan fingerprint density at radius 3 is 2.57 bits per heavy atom. The lowest BCUT2D eigenvalue weighted by atomic mass is 10.1. The molecule has 30 heavy (non-hydrogen) atoms. The topological polar surface area (TPSA) is 73.6 Å². The molecule has 1 amide bonds. The Morgan fingerprint density at radius 2 is 1.83 bits per heavy atom. The second kappa shape index (κ2) is 10.2. The van der Waals surface area contributed by atoms with Crippen molar-refractivity contribution < 1.29 is 18.8 Å². The van der Waals surface area contributed by atoms with Gasteiger partial charge in [-0.25, -0.2) is 0 Å². The summed E-state index contributed by atoms with van der Waals surface area (Å²) >= 11 is 6.27. The first-order chi connectivity index (χ1) is 14.5. The molecule has 3 aromatic rings. The van der Waals surface area contributed by atoms with E-state index in [2.05, 4.69) is 10.5 Å². The first-order valence-electron chi connectivity index (χ1n) is 9.93. The number of carbonyl (C=O) groups is 1. The summed E-state index contributed by atoms with van der Waals surface area (Å²) in [6.07, 6.45) is 0.643. The van der Waals surface area contributed by atoms with E-state index in [9.17, 15) is 4.79 Å². The van der Waals surface area contributed by atoms with Gasteiger partial charge in [0.15, 0.2) is 11.5 Å². The molecule has 0 atom stereocenters. The summed E-state index contributed by atoms with van der Waals surface area (Å²) in [6.45, 7) is 7.15. The van der Waals surface area contributed by atoms with Gasteiger partial charge in [0.2, 0.25) is 0 Å². The molecule has 7 heteroatoms. The monoisotopic (exact) mass is 428 g/mol. The zero-order valence-corrected chi connectivity index (χ0v) is 18.1. The van der Waals surface area contributed by atoms with Gasteiger partial charge >= 0.3 is 0 Å². The highest BCUT2D eigenvalue weighted by atomic mass is 35.5. The number of benzene rings is 2. The standard InChI is InChI=1S/C23H25ClN2O4/c1-4-28-19-11-10-16(14-20(19)29-5-2)12-13-25-23(27)21-15(3)30-26-22(21)17-8-6-7-9-18(17)24/h6-11,14H,4-5,12-13H2,1-3H3,(H,25,27). The Labute approximate surface area is 181 Å². The second-order valence-corrected chi connectivity index (χ2v) is 7.00. The van der Waals surface area contributed by atoms with Gasteiger partial charge in [-0.2, -0.15) is 0 Å². The number of rotatable bonds is 9. The summed E-state index contributed by atoms with van der Waals surface area (Å²) in [5.41, 5.74) is 2.53. The molecule has 0 unspecified atom stereocenters. The maximum absolute atomic E-state index is 12.8. The summed E-state index contributed by atoms with van der Waals surface area (Å²) in [5.74, 6) is 1.62. The molecular weight excluding hydrogens is 404 g/mol. The van der Waals surface area contributed by atoms with Gasteiger partial charge in [-0.05, 0) is 51.0 Å². The summed E-state index contributed by atoms with van der Waals surface area (Å²) < 4.78 is 16.5. The van der Waals surface area contributed by atoms with Crippen LogP contribution in [-0.2, 0) is 6.42 Å². The number of halogens is 1. The number of nitrogens with one attached hydrogen (secondary N) is 1. The van der Waals surface area contributed by atoms with Crippen LogP contribution in [0.2, 0.25) is 5.02 Å². The summed E-state index contributed by atoms with van der Waals surface area (Å²) in [5, 5.41) is 7.50. The minimum absolute atomic E-state index is 0.250. The van der Waals surface area contributed by atoms with Crippen LogP contribution in [0.15, 0.2) is 47.0 Å². The van der Waals surface area contributed by atoms with E-state index >= 15 is 0 Å². The third-order valence-electron chi connectivity index (χ3n) is 4.53. The molecule has 0 aliphatic rings. The maximum Gasteiger partial charge on any atom is 0.257 e. The van der Waals surface area contributed by atoms with Crippen LogP contribution in [0.4, 0.5) is 0 Å². The highest BCUT2D eigenvalue weighted by Gasteiger charge is 2.22. The fourth-order valence-electron chi connectivity index (χ4n) is 3.14. The second-order valence-electron chi connectivity index (χ2n) is 6.60. The van der Waals surface area contributed by atoms with Gasteiger partial charge in [0, 0.05) is 12.1 Å². The molecule has 6 nitrogen and oxygen atoms in total. The van der Waals surface area contributed by atoms with Crippen molar-refractivity contribution in [2.75, 3.05) is 19.8 Å². The van der Waals surface area contributed by atoms with E-state index in [1.807, 2.05) is 50.2 Å². The molecule has 0 spiro atoms. The summed E-state index contributed by atoms with van der Waals surface area (Å²) in [6, 6.07) is 13.0. The van der Waals surface area contributed by atoms with Gasteiger partial charge in [-0.3, -0.25) is 4.79 Å². The van der Waals surface area contributed by atoms with Crippen LogP contribution in [0.1, 0.15) is 35.5 Å². The van der Waals surface area contributed by atoms with E-state index in [0.717, 1.165) is 11.3 Å². The lowest BCUT2D eigenvalue weighted by Crippen LogP contribution is -2.26. The molecule has 1 N–H and O–H groups in total. The molecule has 1 heterocycles. The largest absolute Gasteiger partial charge is 0.490 e. The average Bonchev–Trinajstić information content (AvgIpc) is 3.11. The van der Waals surface area contributed by atoms with Gasteiger partial charge in [0.1, 0.15) is 17.0 Å².